The number of carboxylic acids is 1. The monoisotopic (exact) mass is 933 g/mol. The van der Waals surface area contributed by atoms with Crippen molar-refractivity contribution in [2.45, 2.75) is 155 Å². The van der Waals surface area contributed by atoms with Gasteiger partial charge in [0.1, 0.15) is 42.3 Å². The number of rotatable bonds is 31. The molecule has 0 unspecified atom stereocenters. The molecule has 0 saturated heterocycles. The molecule has 0 saturated carbocycles. The minimum absolute atomic E-state index is 0.0165. The van der Waals surface area contributed by atoms with E-state index < -0.39 is 121 Å². The highest BCUT2D eigenvalue weighted by molar-refractivity contribution is 5.98. The third-order valence-corrected chi connectivity index (χ3v) is 10.3. The van der Waals surface area contributed by atoms with Crippen molar-refractivity contribution < 1.29 is 53.4 Å². The molecule has 0 spiro atoms. The van der Waals surface area contributed by atoms with Gasteiger partial charge in [0.2, 0.25) is 47.3 Å². The first-order chi connectivity index (χ1) is 30.9. The van der Waals surface area contributed by atoms with Gasteiger partial charge in [0.15, 0.2) is 0 Å². The van der Waals surface area contributed by atoms with E-state index in [0.29, 0.717) is 31.4 Å². The van der Waals surface area contributed by atoms with Gasteiger partial charge in [-0.05, 0) is 74.3 Å². The Labute approximate surface area is 388 Å². The van der Waals surface area contributed by atoms with Crippen LogP contribution in [0.25, 0.3) is 0 Å². The fourth-order valence-electron chi connectivity index (χ4n) is 6.86. The van der Waals surface area contributed by atoms with Crippen LogP contribution in [-0.4, -0.2) is 125 Å². The summed E-state index contributed by atoms with van der Waals surface area (Å²) in [7, 11) is 0. The zero-order valence-electron chi connectivity index (χ0n) is 39.7. The quantitative estimate of drug-likeness (QED) is 0.0391. The van der Waals surface area contributed by atoms with E-state index in [2.05, 4.69) is 37.2 Å². The van der Waals surface area contributed by atoms with Crippen LogP contribution in [0.15, 0.2) is 30.3 Å². The first-order valence-corrected chi connectivity index (χ1v) is 22.6. The lowest BCUT2D eigenvalue weighted by Gasteiger charge is -2.29. The molecule has 1 aromatic rings. The molecule has 0 aromatic heterocycles. The second-order valence-corrected chi connectivity index (χ2v) is 18.3. The minimum atomic E-state index is -1.65. The number of aliphatic hydroxyl groups excluding tert-OH is 1. The van der Waals surface area contributed by atoms with Gasteiger partial charge in [0.05, 0.1) is 19.1 Å². The molecule has 15 N–H and O–H groups in total. The smallest absolute Gasteiger partial charge is 0.328 e. The fourth-order valence-corrected chi connectivity index (χ4v) is 6.86. The number of nitrogens with one attached hydrogen (secondary N) is 7. The molecule has 1 aromatic carbocycles. The lowest BCUT2D eigenvalue weighted by atomic mass is 9.98. The van der Waals surface area contributed by atoms with E-state index in [1.165, 1.54) is 0 Å². The van der Waals surface area contributed by atoms with Crippen LogP contribution < -0.4 is 54.4 Å². The Kier molecular flexibility index (Phi) is 26.3. The average molecular weight is 933 g/mol. The molecule has 372 valence electrons. The summed E-state index contributed by atoms with van der Waals surface area (Å²) in [5, 5.41) is 36.6. The van der Waals surface area contributed by atoms with Crippen molar-refractivity contribution >= 4 is 53.2 Å². The SMILES string of the molecule is CC(C)C[C@H](NC(=O)[C@H](Cc1ccccc1)NC(=O)[C@H](CCCCN)NC(=O)[C@@H](N)CC(C)C)C(=O)N[C@@H](CC(N)=O)C(=O)N[C@H](C(=O)N[C@@H](CC(C)C)C(=O)N[C@@H](CO)C(=O)O)C(C)C. The summed E-state index contributed by atoms with van der Waals surface area (Å²) in [6.45, 7) is 13.5. The average Bonchev–Trinajstić information content (AvgIpc) is 3.22. The summed E-state index contributed by atoms with van der Waals surface area (Å²) in [4.78, 5) is 120. The predicted molar refractivity (Wildman–Crippen MR) is 246 cm³/mol. The van der Waals surface area contributed by atoms with Crippen LogP contribution in [0.1, 0.15) is 106 Å². The highest BCUT2D eigenvalue weighted by Crippen LogP contribution is 2.13. The maximum absolute atomic E-state index is 14.2. The van der Waals surface area contributed by atoms with E-state index >= 15 is 0 Å². The molecule has 0 aliphatic heterocycles. The topological polar surface area (TPSA) is 356 Å². The molecule has 0 aliphatic carbocycles. The van der Waals surface area contributed by atoms with Gasteiger partial charge >= 0.3 is 5.97 Å². The molecule has 0 fully saturated rings. The van der Waals surface area contributed by atoms with E-state index in [1.807, 2.05) is 13.8 Å². The van der Waals surface area contributed by atoms with E-state index in [-0.39, 0.29) is 43.4 Å². The van der Waals surface area contributed by atoms with Gasteiger partial charge in [-0.3, -0.25) is 38.4 Å². The zero-order valence-corrected chi connectivity index (χ0v) is 39.7. The number of aliphatic hydroxyl groups is 1. The van der Waals surface area contributed by atoms with Gasteiger partial charge in [-0.25, -0.2) is 4.79 Å². The molecule has 8 amide bonds. The maximum atomic E-state index is 14.2. The van der Waals surface area contributed by atoms with E-state index in [0.717, 1.165) is 0 Å². The Bertz CT molecular complexity index is 1760. The van der Waals surface area contributed by atoms with Crippen molar-refractivity contribution in [2.75, 3.05) is 13.2 Å². The second kappa shape index (κ2) is 29.8. The maximum Gasteiger partial charge on any atom is 0.328 e. The highest BCUT2D eigenvalue weighted by atomic mass is 16.4. The normalized spacial score (nSPS) is 15.0. The molecule has 1 rings (SSSR count). The van der Waals surface area contributed by atoms with E-state index in [9.17, 15) is 53.4 Å². The Hall–Kier alpha value is -5.67. The lowest BCUT2D eigenvalue weighted by molar-refractivity contribution is -0.143. The van der Waals surface area contributed by atoms with Crippen molar-refractivity contribution in [3.05, 3.63) is 35.9 Å². The molecule has 21 heteroatoms. The number of primary amides is 1. The van der Waals surface area contributed by atoms with Crippen molar-refractivity contribution in [1.82, 2.24) is 37.2 Å². The minimum Gasteiger partial charge on any atom is -0.480 e. The number of aliphatic carboxylic acids is 1. The molecule has 21 nitrogen and oxygen atoms in total. The number of hydrogen-bond acceptors (Lipinski definition) is 12. The van der Waals surface area contributed by atoms with Crippen LogP contribution in [0.4, 0.5) is 0 Å². The summed E-state index contributed by atoms with van der Waals surface area (Å²) in [5.41, 5.74) is 18.0. The van der Waals surface area contributed by atoms with Gasteiger partial charge in [0, 0.05) is 6.42 Å². The molecule has 8 atom stereocenters. The Morgan fingerprint density at radius 1 is 0.545 bits per heavy atom. The molecule has 0 aliphatic rings. The van der Waals surface area contributed by atoms with Crippen LogP contribution in [0.2, 0.25) is 0 Å². The molecular formula is C45H76N10O11. The van der Waals surface area contributed by atoms with Crippen molar-refractivity contribution in [1.29, 1.82) is 0 Å². The number of unbranched alkanes of at least 4 members (excludes halogenated alkanes) is 1. The van der Waals surface area contributed by atoms with Gasteiger partial charge < -0.3 is 64.6 Å². The summed E-state index contributed by atoms with van der Waals surface area (Å²) >= 11 is 0. The van der Waals surface area contributed by atoms with Crippen LogP contribution >= 0.6 is 0 Å². The zero-order chi connectivity index (χ0) is 50.3. The van der Waals surface area contributed by atoms with Crippen molar-refractivity contribution in [3.63, 3.8) is 0 Å². The number of carbonyl (C=O) groups is 9. The van der Waals surface area contributed by atoms with E-state index in [4.69, 9.17) is 17.2 Å². The number of nitrogens with two attached hydrogens (primary N) is 3. The summed E-state index contributed by atoms with van der Waals surface area (Å²) < 4.78 is 0. The third kappa shape index (κ3) is 22.0. The molecule has 0 radical (unpaired) electrons. The fraction of sp³-hybridized carbons (Fsp3) is 0.667. The molecule has 66 heavy (non-hydrogen) atoms. The lowest BCUT2D eigenvalue weighted by Crippen LogP contribution is -2.61. The Morgan fingerprint density at radius 2 is 0.985 bits per heavy atom. The molecule has 0 heterocycles. The highest BCUT2D eigenvalue weighted by Gasteiger charge is 2.36. The largest absolute Gasteiger partial charge is 0.480 e. The second-order valence-electron chi connectivity index (χ2n) is 18.3. The van der Waals surface area contributed by atoms with Crippen molar-refractivity contribution in [3.8, 4) is 0 Å². The molecule has 0 bridgehead atoms. The Balaban J connectivity index is 3.46. The van der Waals surface area contributed by atoms with Crippen LogP contribution in [0, 0.1) is 23.7 Å². The van der Waals surface area contributed by atoms with Crippen LogP contribution in [0.5, 0.6) is 0 Å². The molecular weight excluding hydrogens is 857 g/mol. The van der Waals surface area contributed by atoms with Crippen LogP contribution in [-0.2, 0) is 49.6 Å². The first-order valence-electron chi connectivity index (χ1n) is 22.6. The summed E-state index contributed by atoms with van der Waals surface area (Å²) in [6, 6.07) is -1.65. The van der Waals surface area contributed by atoms with Gasteiger partial charge in [-0.15, -0.1) is 0 Å². The number of benzene rings is 1. The van der Waals surface area contributed by atoms with E-state index in [1.54, 1.807) is 71.9 Å². The van der Waals surface area contributed by atoms with Gasteiger partial charge in [-0.1, -0.05) is 85.7 Å². The van der Waals surface area contributed by atoms with Gasteiger partial charge in [-0.2, -0.15) is 0 Å². The standard InChI is InChI=1S/C45H76N10O11/c1-24(2)18-29(47)38(58)49-30(16-12-13-17-46)39(59)51-33(21-28-14-10-9-11-15-28)42(62)50-31(19-25(3)4)40(60)52-34(22-36(48)57)43(63)55-37(27(7)8)44(64)53-32(20-26(5)6)41(61)54-35(23-56)45(65)66/h9-11,14-15,24-27,29-35,37,56H,12-13,16-23,46-47H2,1-8H3,(H2,48,57)(H,49,58)(H,50,62)(H,51,59)(H,52,60)(H,53,64)(H,54,61)(H,55,63)(H,65,66)/t29-,30-,31-,32-,33-,34-,35-,37-/m0/s1. The number of carboxylic acid groups (broad SMARTS) is 1. The number of carbonyl (C=O) groups excluding carboxylic acids is 8. The van der Waals surface area contributed by atoms with Crippen LogP contribution in [0.3, 0.4) is 0 Å². The van der Waals surface area contributed by atoms with Gasteiger partial charge in [0.25, 0.3) is 0 Å². The predicted octanol–water partition coefficient (Wildman–Crippen LogP) is -1.17. The summed E-state index contributed by atoms with van der Waals surface area (Å²) in [6.07, 6.45) is 1.000. The number of amides is 8. The van der Waals surface area contributed by atoms with Crippen molar-refractivity contribution in [2.24, 2.45) is 40.9 Å². The number of hydrogen-bond donors (Lipinski definition) is 12. The third-order valence-electron chi connectivity index (χ3n) is 10.3. The first kappa shape index (κ1) is 58.3. The Morgan fingerprint density at radius 3 is 1.45 bits per heavy atom. The summed E-state index contributed by atoms with van der Waals surface area (Å²) in [5.74, 6) is -8.93.